The predicted molar refractivity (Wildman–Crippen MR) is 169 cm³/mol. The largest absolute Gasteiger partial charge is 0.475 e. The van der Waals surface area contributed by atoms with Gasteiger partial charge in [0.2, 0.25) is 11.8 Å². The van der Waals surface area contributed by atoms with Crippen LogP contribution >= 0.6 is 11.3 Å². The van der Waals surface area contributed by atoms with E-state index in [9.17, 15) is 14.7 Å². The summed E-state index contributed by atoms with van der Waals surface area (Å²) in [6, 6.07) is 9.18. The molecule has 0 saturated carbocycles. The van der Waals surface area contributed by atoms with E-state index in [-0.39, 0.29) is 29.9 Å². The van der Waals surface area contributed by atoms with Crippen molar-refractivity contribution in [3.63, 3.8) is 0 Å². The summed E-state index contributed by atoms with van der Waals surface area (Å²) in [5.41, 5.74) is 4.97. The summed E-state index contributed by atoms with van der Waals surface area (Å²) < 4.78 is 11.5. The van der Waals surface area contributed by atoms with E-state index in [1.807, 2.05) is 45.3 Å². The molecule has 238 valence electrons. The molecule has 44 heavy (non-hydrogen) atoms. The van der Waals surface area contributed by atoms with E-state index in [4.69, 9.17) is 9.26 Å². The molecule has 2 aliphatic rings. The highest BCUT2D eigenvalue weighted by molar-refractivity contribution is 7.13. The highest BCUT2D eigenvalue weighted by Crippen LogP contribution is 2.33. The number of thiazole rings is 1. The molecule has 0 radical (unpaired) electrons. The summed E-state index contributed by atoms with van der Waals surface area (Å²) >= 11 is 1.62. The van der Waals surface area contributed by atoms with E-state index < -0.39 is 12.0 Å². The zero-order chi connectivity index (χ0) is 31.2. The maximum Gasteiger partial charge on any atom is 0.254 e. The van der Waals surface area contributed by atoms with Crippen LogP contribution in [0.15, 0.2) is 40.4 Å². The van der Waals surface area contributed by atoms with Crippen molar-refractivity contribution >= 4 is 23.2 Å². The van der Waals surface area contributed by atoms with Crippen molar-refractivity contribution in [3.8, 4) is 16.3 Å². The number of likely N-dealkylation sites (tertiary alicyclic amines) is 2. The van der Waals surface area contributed by atoms with Gasteiger partial charge in [0.05, 0.1) is 34.8 Å². The Morgan fingerprint density at radius 3 is 2.57 bits per heavy atom. The average Bonchev–Trinajstić information content (AvgIpc) is 3.78. The summed E-state index contributed by atoms with van der Waals surface area (Å²) in [7, 11) is 0. The predicted octanol–water partition coefficient (Wildman–Crippen LogP) is 4.94. The van der Waals surface area contributed by atoms with Crippen LogP contribution in [0, 0.1) is 12.8 Å². The van der Waals surface area contributed by atoms with Gasteiger partial charge in [-0.05, 0) is 68.2 Å². The Hall–Kier alpha value is -3.28. The van der Waals surface area contributed by atoms with Crippen molar-refractivity contribution in [2.75, 3.05) is 32.8 Å². The van der Waals surface area contributed by atoms with Gasteiger partial charge in [-0.1, -0.05) is 38.1 Å². The minimum absolute atomic E-state index is 0.0540. The molecule has 4 heterocycles. The number of nitrogens with zero attached hydrogens (tertiary/aromatic N) is 4. The lowest BCUT2D eigenvalue weighted by atomic mass is 9.91. The first kappa shape index (κ1) is 32.1. The summed E-state index contributed by atoms with van der Waals surface area (Å²) in [6.45, 7) is 11.7. The van der Waals surface area contributed by atoms with Crippen molar-refractivity contribution < 1.29 is 24.0 Å². The minimum Gasteiger partial charge on any atom is -0.475 e. The molecule has 5 rings (SSSR count). The van der Waals surface area contributed by atoms with E-state index in [0.29, 0.717) is 31.2 Å². The SMILES string of the molecule is Cc1ncsc1-c1ccc([C@H](C)NC(=O)[C@@H]2CCCN2C(=O)[C@H](c2cc(OCCCN3CCC(O)CC3)no2)C(C)C)cc1. The molecule has 10 nitrogen and oxygen atoms in total. The molecule has 2 aromatic heterocycles. The number of nitrogens with one attached hydrogen (secondary N) is 1. The molecule has 2 aliphatic heterocycles. The van der Waals surface area contributed by atoms with E-state index in [1.165, 1.54) is 0 Å². The molecular formula is C33H45N5O5S. The van der Waals surface area contributed by atoms with Crippen molar-refractivity contribution in [3.05, 3.63) is 52.9 Å². The van der Waals surface area contributed by atoms with Crippen LogP contribution in [0.25, 0.3) is 10.4 Å². The summed E-state index contributed by atoms with van der Waals surface area (Å²) in [5.74, 6) is -0.0493. The van der Waals surface area contributed by atoms with Crippen LogP contribution in [0.5, 0.6) is 5.88 Å². The minimum atomic E-state index is -0.562. The second kappa shape index (κ2) is 14.7. The van der Waals surface area contributed by atoms with Gasteiger partial charge in [0.15, 0.2) is 5.76 Å². The lowest BCUT2D eigenvalue weighted by Gasteiger charge is -2.29. The quantitative estimate of drug-likeness (QED) is 0.272. The van der Waals surface area contributed by atoms with Crippen LogP contribution in [0.1, 0.15) is 81.9 Å². The van der Waals surface area contributed by atoms with Crippen LogP contribution in [-0.4, -0.2) is 81.8 Å². The van der Waals surface area contributed by atoms with Gasteiger partial charge in [0, 0.05) is 32.2 Å². The molecule has 11 heteroatoms. The standard InChI is InChI=1S/C33H45N5O5S/c1-21(2)30(28-19-29(36-43-28)42-18-6-14-37-16-12-26(39)13-17-37)33(41)38-15-5-7-27(38)32(40)35-22(3)24-8-10-25(11-9-24)31-23(4)34-20-44-31/h8-11,19-22,26-27,30,39H,5-7,12-18H2,1-4H3,(H,35,40)/t22-,27-,30-/m0/s1. The van der Waals surface area contributed by atoms with Crippen LogP contribution in [0.2, 0.25) is 0 Å². The molecule has 2 N–H and O–H groups in total. The van der Waals surface area contributed by atoms with Gasteiger partial charge in [-0.2, -0.15) is 0 Å². The second-order valence-electron chi connectivity index (χ2n) is 12.4. The molecule has 0 bridgehead atoms. The number of carbonyl (C=O) groups is 2. The Morgan fingerprint density at radius 2 is 1.89 bits per heavy atom. The highest BCUT2D eigenvalue weighted by atomic mass is 32.1. The number of hydrogen-bond donors (Lipinski definition) is 2. The fourth-order valence-corrected chi connectivity index (χ4v) is 7.02. The maximum atomic E-state index is 13.9. The molecule has 0 spiro atoms. The Morgan fingerprint density at radius 1 is 1.14 bits per heavy atom. The smallest absolute Gasteiger partial charge is 0.254 e. The number of aromatic nitrogens is 2. The molecule has 2 saturated heterocycles. The normalized spacial score (nSPS) is 19.3. The second-order valence-corrected chi connectivity index (χ2v) is 13.2. The first-order valence-corrected chi connectivity index (χ1v) is 16.7. The fourth-order valence-electron chi connectivity index (χ4n) is 6.21. The Labute approximate surface area is 263 Å². The van der Waals surface area contributed by atoms with Crippen LogP contribution in [0.4, 0.5) is 0 Å². The number of aliphatic hydroxyl groups is 1. The van der Waals surface area contributed by atoms with Gasteiger partial charge in [0.1, 0.15) is 12.0 Å². The molecule has 2 amide bonds. The third kappa shape index (κ3) is 7.68. The number of hydrogen-bond acceptors (Lipinski definition) is 9. The van der Waals surface area contributed by atoms with Gasteiger partial charge in [-0.15, -0.1) is 11.3 Å². The monoisotopic (exact) mass is 623 g/mol. The topological polar surface area (TPSA) is 121 Å². The Bertz CT molecular complexity index is 1380. The number of carbonyl (C=O) groups excluding carboxylic acids is 2. The third-order valence-corrected chi connectivity index (χ3v) is 9.77. The summed E-state index contributed by atoms with van der Waals surface area (Å²) in [5, 5.41) is 16.9. The highest BCUT2D eigenvalue weighted by Gasteiger charge is 2.40. The molecule has 0 aliphatic carbocycles. The number of amides is 2. The Kier molecular flexibility index (Phi) is 10.7. The zero-order valence-electron chi connectivity index (χ0n) is 26.2. The first-order chi connectivity index (χ1) is 21.2. The van der Waals surface area contributed by atoms with Crippen molar-refractivity contribution in [2.24, 2.45) is 5.92 Å². The molecule has 3 aromatic rings. The van der Waals surface area contributed by atoms with Gasteiger partial charge < -0.3 is 29.5 Å². The molecule has 2 fully saturated rings. The van der Waals surface area contributed by atoms with Gasteiger partial charge in [-0.25, -0.2) is 4.98 Å². The van der Waals surface area contributed by atoms with E-state index in [0.717, 1.165) is 67.0 Å². The lowest BCUT2D eigenvalue weighted by Crippen LogP contribution is -2.48. The van der Waals surface area contributed by atoms with E-state index >= 15 is 0 Å². The number of rotatable bonds is 12. The van der Waals surface area contributed by atoms with Crippen LogP contribution < -0.4 is 10.1 Å². The van der Waals surface area contributed by atoms with Gasteiger partial charge in [0.25, 0.3) is 5.88 Å². The maximum absolute atomic E-state index is 13.9. The number of aryl methyl sites for hydroxylation is 1. The molecular weight excluding hydrogens is 578 g/mol. The zero-order valence-corrected chi connectivity index (χ0v) is 27.0. The number of piperidine rings is 1. The summed E-state index contributed by atoms with van der Waals surface area (Å²) in [4.78, 5) is 36.9. The lowest BCUT2D eigenvalue weighted by molar-refractivity contribution is -0.141. The van der Waals surface area contributed by atoms with E-state index in [1.54, 1.807) is 22.3 Å². The van der Waals surface area contributed by atoms with E-state index in [2.05, 4.69) is 32.5 Å². The van der Waals surface area contributed by atoms with Gasteiger partial charge >= 0.3 is 0 Å². The third-order valence-electron chi connectivity index (χ3n) is 8.79. The van der Waals surface area contributed by atoms with Crippen LogP contribution in [-0.2, 0) is 9.59 Å². The van der Waals surface area contributed by atoms with Crippen molar-refractivity contribution in [1.82, 2.24) is 25.3 Å². The van der Waals surface area contributed by atoms with Crippen molar-refractivity contribution in [2.45, 2.75) is 83.9 Å². The summed E-state index contributed by atoms with van der Waals surface area (Å²) in [6.07, 6.45) is 3.69. The molecule has 1 aromatic carbocycles. The number of benzene rings is 1. The van der Waals surface area contributed by atoms with Crippen molar-refractivity contribution in [1.29, 1.82) is 0 Å². The van der Waals surface area contributed by atoms with Crippen LogP contribution in [0.3, 0.4) is 0 Å². The molecule has 0 unspecified atom stereocenters. The average molecular weight is 624 g/mol. The number of aliphatic hydroxyl groups excluding tert-OH is 1. The number of ether oxygens (including phenoxy) is 1. The Balaban J connectivity index is 1.16. The van der Waals surface area contributed by atoms with Gasteiger partial charge in [-0.3, -0.25) is 9.59 Å². The molecule has 3 atom stereocenters. The first-order valence-electron chi connectivity index (χ1n) is 15.8. The fraction of sp³-hybridized carbons (Fsp3) is 0.576.